The van der Waals surface area contributed by atoms with E-state index in [0.29, 0.717) is 16.8 Å². The minimum absolute atomic E-state index is 0.340. The van der Waals surface area contributed by atoms with Gasteiger partial charge in [0.15, 0.2) is 6.10 Å². The Morgan fingerprint density at radius 2 is 1.83 bits per heavy atom. The second-order valence-corrected chi connectivity index (χ2v) is 5.62. The zero-order valence-electron chi connectivity index (χ0n) is 12.2. The first-order valence-corrected chi connectivity index (χ1v) is 7.57. The second kappa shape index (κ2) is 7.56. The summed E-state index contributed by atoms with van der Waals surface area (Å²) in [5.74, 6) is -1.09. The molecule has 116 valence electrons. The summed E-state index contributed by atoms with van der Waals surface area (Å²) in [5.41, 5.74) is 1.07. The van der Waals surface area contributed by atoms with Crippen LogP contribution in [-0.2, 0) is 9.53 Å². The number of rotatable bonds is 4. The fourth-order valence-electron chi connectivity index (χ4n) is 1.79. The number of carbonyl (C=O) groups is 2. The largest absolute Gasteiger partial charge is 0.449 e. The molecule has 2 aromatic rings. The van der Waals surface area contributed by atoms with Crippen LogP contribution >= 0.6 is 15.9 Å². The van der Waals surface area contributed by atoms with Crippen molar-refractivity contribution in [1.29, 1.82) is 5.26 Å². The summed E-state index contributed by atoms with van der Waals surface area (Å²) in [6.45, 7) is 1.47. The van der Waals surface area contributed by atoms with Gasteiger partial charge in [-0.3, -0.25) is 4.79 Å². The highest BCUT2D eigenvalue weighted by Crippen LogP contribution is 2.15. The quantitative estimate of drug-likeness (QED) is 0.832. The van der Waals surface area contributed by atoms with Crippen LogP contribution in [0.2, 0.25) is 0 Å². The molecule has 0 aliphatic heterocycles. The van der Waals surface area contributed by atoms with Gasteiger partial charge in [0.25, 0.3) is 5.91 Å². The number of anilines is 1. The average molecular weight is 373 g/mol. The number of para-hydroxylation sites is 1. The smallest absolute Gasteiger partial charge is 0.338 e. The molecule has 0 heterocycles. The number of carbonyl (C=O) groups excluding carboxylic acids is 2. The molecule has 1 N–H and O–H groups in total. The van der Waals surface area contributed by atoms with Crippen LogP contribution in [0, 0.1) is 11.3 Å². The van der Waals surface area contributed by atoms with Crippen molar-refractivity contribution < 1.29 is 14.3 Å². The van der Waals surface area contributed by atoms with Crippen molar-refractivity contribution in [2.45, 2.75) is 13.0 Å². The molecule has 0 bridgehead atoms. The highest BCUT2D eigenvalue weighted by atomic mass is 79.9. The molecule has 1 amide bonds. The predicted molar refractivity (Wildman–Crippen MR) is 88.8 cm³/mol. The van der Waals surface area contributed by atoms with Gasteiger partial charge >= 0.3 is 5.97 Å². The molecule has 0 aromatic heterocycles. The standard InChI is InChI=1S/C17H13BrN2O3/c1-11(23-17(22)12-6-8-14(18)9-7-12)16(21)20-15-5-3-2-4-13(15)10-19/h2-9,11H,1H3,(H,20,21)/t11-/m0/s1. The minimum Gasteiger partial charge on any atom is -0.449 e. The van der Waals surface area contributed by atoms with E-state index in [1.807, 2.05) is 6.07 Å². The van der Waals surface area contributed by atoms with Crippen LogP contribution in [0.15, 0.2) is 53.0 Å². The molecule has 0 saturated heterocycles. The molecule has 0 saturated carbocycles. The molecule has 1 atom stereocenters. The van der Waals surface area contributed by atoms with Gasteiger partial charge in [-0.05, 0) is 43.3 Å². The Bertz CT molecular complexity index is 766. The summed E-state index contributed by atoms with van der Waals surface area (Å²) in [5, 5.41) is 11.6. The lowest BCUT2D eigenvalue weighted by Crippen LogP contribution is -2.30. The van der Waals surface area contributed by atoms with Crippen molar-refractivity contribution in [1.82, 2.24) is 0 Å². The Hall–Kier alpha value is -2.65. The van der Waals surface area contributed by atoms with Crippen LogP contribution in [0.5, 0.6) is 0 Å². The van der Waals surface area contributed by atoms with E-state index < -0.39 is 18.0 Å². The third-order valence-corrected chi connectivity index (χ3v) is 3.57. The number of hydrogen-bond donors (Lipinski definition) is 1. The normalized spacial score (nSPS) is 11.2. The number of nitrogens with zero attached hydrogens (tertiary/aromatic N) is 1. The van der Waals surface area contributed by atoms with Gasteiger partial charge in [0.1, 0.15) is 6.07 Å². The number of esters is 1. The van der Waals surface area contributed by atoms with Crippen LogP contribution in [0.25, 0.3) is 0 Å². The SMILES string of the molecule is C[C@H](OC(=O)c1ccc(Br)cc1)C(=O)Nc1ccccc1C#N. The number of halogens is 1. The van der Waals surface area contributed by atoms with E-state index in [1.165, 1.54) is 6.92 Å². The Kier molecular flexibility index (Phi) is 5.50. The summed E-state index contributed by atoms with van der Waals surface area (Å²) in [6.07, 6.45) is -0.988. The third-order valence-electron chi connectivity index (χ3n) is 3.04. The number of ether oxygens (including phenoxy) is 1. The second-order valence-electron chi connectivity index (χ2n) is 4.70. The lowest BCUT2D eigenvalue weighted by Gasteiger charge is -2.14. The van der Waals surface area contributed by atoms with Crippen molar-refractivity contribution in [2.24, 2.45) is 0 Å². The van der Waals surface area contributed by atoms with Gasteiger partial charge in [0, 0.05) is 4.47 Å². The highest BCUT2D eigenvalue weighted by Gasteiger charge is 2.19. The monoisotopic (exact) mass is 372 g/mol. The van der Waals surface area contributed by atoms with E-state index in [4.69, 9.17) is 10.00 Å². The maximum Gasteiger partial charge on any atom is 0.338 e. The minimum atomic E-state index is -0.988. The van der Waals surface area contributed by atoms with Crippen LogP contribution < -0.4 is 5.32 Å². The van der Waals surface area contributed by atoms with Gasteiger partial charge in [-0.25, -0.2) is 4.79 Å². The van der Waals surface area contributed by atoms with E-state index in [-0.39, 0.29) is 0 Å². The molecule has 23 heavy (non-hydrogen) atoms. The van der Waals surface area contributed by atoms with Crippen LogP contribution in [0.3, 0.4) is 0 Å². The van der Waals surface area contributed by atoms with Gasteiger partial charge in [-0.1, -0.05) is 28.1 Å². The van der Waals surface area contributed by atoms with Crippen LogP contribution in [0.1, 0.15) is 22.8 Å². The molecule has 0 fully saturated rings. The summed E-state index contributed by atoms with van der Waals surface area (Å²) < 4.78 is 5.98. The Morgan fingerprint density at radius 1 is 1.17 bits per heavy atom. The molecular formula is C17H13BrN2O3. The topological polar surface area (TPSA) is 79.2 Å². The van der Waals surface area contributed by atoms with E-state index in [0.717, 1.165) is 4.47 Å². The van der Waals surface area contributed by atoms with Gasteiger partial charge in [-0.15, -0.1) is 0 Å². The Morgan fingerprint density at radius 3 is 2.48 bits per heavy atom. The summed E-state index contributed by atoms with van der Waals surface area (Å²) in [6, 6.07) is 15.2. The Labute approximate surface area is 142 Å². The molecule has 6 heteroatoms. The first-order chi connectivity index (χ1) is 11.0. The molecule has 5 nitrogen and oxygen atoms in total. The molecule has 2 rings (SSSR count). The molecule has 0 radical (unpaired) electrons. The molecule has 0 aliphatic carbocycles. The lowest BCUT2D eigenvalue weighted by molar-refractivity contribution is -0.123. The van der Waals surface area contributed by atoms with Gasteiger partial charge in [0.2, 0.25) is 0 Å². The molecule has 2 aromatic carbocycles. The number of nitrogens with one attached hydrogen (secondary N) is 1. The third kappa shape index (κ3) is 4.41. The summed E-state index contributed by atoms with van der Waals surface area (Å²) >= 11 is 3.28. The fourth-order valence-corrected chi connectivity index (χ4v) is 2.06. The van der Waals surface area contributed by atoms with Crippen molar-refractivity contribution in [3.63, 3.8) is 0 Å². The molecule has 0 unspecified atom stereocenters. The first kappa shape index (κ1) is 16.7. The number of amides is 1. The maximum absolute atomic E-state index is 12.1. The first-order valence-electron chi connectivity index (χ1n) is 6.78. The van der Waals surface area contributed by atoms with E-state index in [1.54, 1.807) is 48.5 Å². The zero-order valence-corrected chi connectivity index (χ0v) is 13.8. The molecule has 0 spiro atoms. The lowest BCUT2D eigenvalue weighted by atomic mass is 10.2. The predicted octanol–water partition coefficient (Wildman–Crippen LogP) is 3.50. The zero-order chi connectivity index (χ0) is 16.8. The average Bonchev–Trinajstić information content (AvgIpc) is 2.55. The van der Waals surface area contributed by atoms with Gasteiger partial charge < -0.3 is 10.1 Å². The van der Waals surface area contributed by atoms with Crippen molar-refractivity contribution >= 4 is 33.5 Å². The van der Waals surface area contributed by atoms with Crippen LogP contribution in [0.4, 0.5) is 5.69 Å². The maximum atomic E-state index is 12.1. The fraction of sp³-hybridized carbons (Fsp3) is 0.118. The molecular weight excluding hydrogens is 360 g/mol. The number of benzene rings is 2. The summed E-state index contributed by atoms with van der Waals surface area (Å²) in [4.78, 5) is 24.1. The van der Waals surface area contributed by atoms with Gasteiger partial charge in [-0.2, -0.15) is 5.26 Å². The number of hydrogen-bond acceptors (Lipinski definition) is 4. The summed E-state index contributed by atoms with van der Waals surface area (Å²) in [7, 11) is 0. The van der Waals surface area contributed by atoms with Crippen molar-refractivity contribution in [3.8, 4) is 6.07 Å². The van der Waals surface area contributed by atoms with Gasteiger partial charge in [0.05, 0.1) is 16.8 Å². The van der Waals surface area contributed by atoms with Crippen LogP contribution in [-0.4, -0.2) is 18.0 Å². The molecule has 0 aliphatic rings. The number of nitriles is 1. The van der Waals surface area contributed by atoms with Crippen molar-refractivity contribution in [2.75, 3.05) is 5.32 Å². The highest BCUT2D eigenvalue weighted by molar-refractivity contribution is 9.10. The van der Waals surface area contributed by atoms with E-state index in [2.05, 4.69) is 21.2 Å². The van der Waals surface area contributed by atoms with E-state index >= 15 is 0 Å². The van der Waals surface area contributed by atoms with E-state index in [9.17, 15) is 9.59 Å². The van der Waals surface area contributed by atoms with Crippen molar-refractivity contribution in [3.05, 3.63) is 64.1 Å². The Balaban J connectivity index is 2.01.